The van der Waals surface area contributed by atoms with Gasteiger partial charge >= 0.3 is 0 Å². The Bertz CT molecular complexity index is 433. The highest BCUT2D eigenvalue weighted by atomic mass is 35.5. The summed E-state index contributed by atoms with van der Waals surface area (Å²) < 4.78 is 11.2. The van der Waals surface area contributed by atoms with Crippen molar-refractivity contribution in [3.63, 3.8) is 0 Å². The maximum absolute atomic E-state index is 9.92. The van der Waals surface area contributed by atoms with Crippen LogP contribution in [0.25, 0.3) is 0 Å². The highest BCUT2D eigenvalue weighted by Gasteiger charge is 2.35. The van der Waals surface area contributed by atoms with Gasteiger partial charge in [-0.3, -0.25) is 0 Å². The zero-order chi connectivity index (χ0) is 12.1. The highest BCUT2D eigenvalue weighted by molar-refractivity contribution is 6.32. The molecular weight excluding hydrogens is 228 g/mol. The highest BCUT2D eigenvalue weighted by Crippen LogP contribution is 2.46. The Labute approximate surface area is 99.9 Å². The Morgan fingerprint density at radius 2 is 1.88 bits per heavy atom. The average Bonchev–Trinajstić information content (AvgIpc) is 2.38. The van der Waals surface area contributed by atoms with Gasteiger partial charge in [-0.1, -0.05) is 11.6 Å². The van der Waals surface area contributed by atoms with Gasteiger partial charge in [-0.15, -0.1) is 0 Å². The third-order valence-electron chi connectivity index (χ3n) is 2.42. The van der Waals surface area contributed by atoms with Crippen molar-refractivity contribution in [3.8, 4) is 11.5 Å². The molecule has 3 nitrogen and oxygen atoms in total. The monoisotopic (exact) mass is 242 g/mol. The van der Waals surface area contributed by atoms with Crippen molar-refractivity contribution in [1.29, 1.82) is 0 Å². The molecule has 16 heavy (non-hydrogen) atoms. The van der Waals surface area contributed by atoms with E-state index in [2.05, 4.69) is 0 Å². The minimum Gasteiger partial charge on any atom is -0.449 e. The number of rotatable bonds is 1. The smallest absolute Gasteiger partial charge is 0.246 e. The zero-order valence-electron chi connectivity index (χ0n) is 9.80. The van der Waals surface area contributed by atoms with Crippen molar-refractivity contribution in [3.05, 3.63) is 22.7 Å². The first-order valence-electron chi connectivity index (χ1n) is 5.13. The minimum atomic E-state index is -0.950. The van der Waals surface area contributed by atoms with Gasteiger partial charge in [-0.2, -0.15) is 0 Å². The molecule has 0 atom stereocenters. The first-order chi connectivity index (χ1) is 7.19. The molecule has 1 aliphatic heterocycles. The van der Waals surface area contributed by atoms with Crippen molar-refractivity contribution < 1.29 is 14.6 Å². The normalized spacial score (nSPS) is 17.6. The van der Waals surface area contributed by atoms with Gasteiger partial charge in [0.15, 0.2) is 11.5 Å². The Morgan fingerprint density at radius 3 is 2.44 bits per heavy atom. The van der Waals surface area contributed by atoms with Crippen LogP contribution in [0.5, 0.6) is 11.5 Å². The third kappa shape index (κ3) is 1.97. The van der Waals surface area contributed by atoms with Crippen LogP contribution in [0, 0.1) is 0 Å². The molecule has 0 aromatic heterocycles. The molecule has 1 aliphatic rings. The topological polar surface area (TPSA) is 38.7 Å². The average molecular weight is 243 g/mol. The van der Waals surface area contributed by atoms with Crippen LogP contribution in [-0.2, 0) is 5.60 Å². The van der Waals surface area contributed by atoms with Gasteiger partial charge in [-0.25, -0.2) is 0 Å². The summed E-state index contributed by atoms with van der Waals surface area (Å²) in [6.07, 6.45) is 0. The molecule has 1 aromatic carbocycles. The fourth-order valence-corrected chi connectivity index (χ4v) is 1.88. The lowest BCUT2D eigenvalue weighted by atomic mass is 9.98. The molecule has 0 bridgehead atoms. The second-order valence-electron chi connectivity index (χ2n) is 4.95. The molecule has 88 valence electrons. The van der Waals surface area contributed by atoms with Crippen molar-refractivity contribution in [1.82, 2.24) is 0 Å². The van der Waals surface area contributed by atoms with E-state index in [4.69, 9.17) is 21.1 Å². The lowest BCUT2D eigenvalue weighted by Gasteiger charge is -2.18. The molecule has 1 heterocycles. The summed E-state index contributed by atoms with van der Waals surface area (Å²) in [4.78, 5) is 0. The van der Waals surface area contributed by atoms with E-state index in [0.29, 0.717) is 22.1 Å². The third-order valence-corrected chi connectivity index (χ3v) is 2.70. The first kappa shape index (κ1) is 11.6. The van der Waals surface area contributed by atoms with Gasteiger partial charge in [0.25, 0.3) is 0 Å². The van der Waals surface area contributed by atoms with Gasteiger partial charge in [0, 0.05) is 13.8 Å². The number of hydrogen-bond donors (Lipinski definition) is 1. The van der Waals surface area contributed by atoms with E-state index in [1.807, 2.05) is 13.8 Å². The van der Waals surface area contributed by atoms with Crippen LogP contribution < -0.4 is 9.47 Å². The molecule has 1 aromatic rings. The van der Waals surface area contributed by atoms with Gasteiger partial charge < -0.3 is 14.6 Å². The molecule has 4 heteroatoms. The summed E-state index contributed by atoms with van der Waals surface area (Å²) >= 11 is 6.09. The lowest BCUT2D eigenvalue weighted by molar-refractivity contribution is -0.0432. The number of fused-ring (bicyclic) bond motifs is 1. The maximum Gasteiger partial charge on any atom is 0.246 e. The molecule has 0 spiro atoms. The second kappa shape index (κ2) is 3.28. The van der Waals surface area contributed by atoms with Crippen LogP contribution in [0.2, 0.25) is 5.02 Å². The number of ether oxygens (including phenoxy) is 2. The quantitative estimate of drug-likeness (QED) is 0.823. The van der Waals surface area contributed by atoms with Gasteiger partial charge in [0.1, 0.15) is 0 Å². The summed E-state index contributed by atoms with van der Waals surface area (Å²) in [7, 11) is 0. The molecule has 2 rings (SSSR count). The predicted molar refractivity (Wildman–Crippen MR) is 62.0 cm³/mol. The number of halogens is 1. The Morgan fingerprint density at radius 1 is 1.25 bits per heavy atom. The number of benzene rings is 1. The summed E-state index contributed by atoms with van der Waals surface area (Å²) in [5, 5.41) is 10.4. The summed E-state index contributed by atoms with van der Waals surface area (Å²) in [6, 6.07) is 3.46. The van der Waals surface area contributed by atoms with E-state index in [-0.39, 0.29) is 0 Å². The van der Waals surface area contributed by atoms with E-state index in [1.54, 1.807) is 26.0 Å². The fourth-order valence-electron chi connectivity index (χ4n) is 1.63. The molecule has 0 unspecified atom stereocenters. The Kier molecular flexibility index (Phi) is 2.37. The SMILES string of the molecule is CC1(C)Oc2cc(C(C)(C)O)cc(Cl)c2O1. The molecular formula is C12H15ClO3. The van der Waals surface area contributed by atoms with E-state index in [1.165, 1.54) is 0 Å². The lowest BCUT2D eigenvalue weighted by Crippen LogP contribution is -2.29. The predicted octanol–water partition coefficient (Wildman–Crippen LogP) is 3.07. The molecule has 0 radical (unpaired) electrons. The van der Waals surface area contributed by atoms with Crippen LogP contribution in [0.4, 0.5) is 0 Å². The van der Waals surface area contributed by atoms with Crippen LogP contribution >= 0.6 is 11.6 Å². The second-order valence-corrected chi connectivity index (χ2v) is 5.36. The molecule has 0 amide bonds. The summed E-state index contributed by atoms with van der Waals surface area (Å²) in [5.74, 6) is 0.416. The van der Waals surface area contributed by atoms with Gasteiger partial charge in [0.2, 0.25) is 5.79 Å². The largest absolute Gasteiger partial charge is 0.449 e. The van der Waals surface area contributed by atoms with Crippen molar-refractivity contribution in [2.45, 2.75) is 39.1 Å². The van der Waals surface area contributed by atoms with Gasteiger partial charge in [-0.05, 0) is 31.5 Å². The van der Waals surface area contributed by atoms with E-state index in [9.17, 15) is 5.11 Å². The zero-order valence-corrected chi connectivity index (χ0v) is 10.6. The maximum atomic E-state index is 9.92. The first-order valence-corrected chi connectivity index (χ1v) is 5.51. The van der Waals surface area contributed by atoms with Crippen molar-refractivity contribution in [2.24, 2.45) is 0 Å². The molecule has 0 saturated heterocycles. The minimum absolute atomic E-state index is 0.459. The van der Waals surface area contributed by atoms with Crippen LogP contribution in [0.1, 0.15) is 33.3 Å². The van der Waals surface area contributed by atoms with E-state index >= 15 is 0 Å². The van der Waals surface area contributed by atoms with Crippen LogP contribution in [0.15, 0.2) is 12.1 Å². The molecule has 0 fully saturated rings. The molecule has 0 aliphatic carbocycles. The fraction of sp³-hybridized carbons (Fsp3) is 0.500. The van der Waals surface area contributed by atoms with Gasteiger partial charge in [0.05, 0.1) is 10.6 Å². The summed E-state index contributed by atoms with van der Waals surface area (Å²) in [5.41, 5.74) is -0.244. The number of hydrogen-bond acceptors (Lipinski definition) is 3. The van der Waals surface area contributed by atoms with E-state index < -0.39 is 11.4 Å². The molecule has 0 saturated carbocycles. The summed E-state index contributed by atoms with van der Waals surface area (Å²) in [6.45, 7) is 7.03. The van der Waals surface area contributed by atoms with Crippen LogP contribution in [-0.4, -0.2) is 10.9 Å². The standard InChI is InChI=1S/C12H15ClO3/c1-11(2,14)7-5-8(13)10-9(6-7)15-12(3,4)16-10/h5-6,14H,1-4H3. The Balaban J connectivity index is 2.50. The number of aliphatic hydroxyl groups is 1. The Hall–Kier alpha value is -0.930. The van der Waals surface area contributed by atoms with Crippen LogP contribution in [0.3, 0.4) is 0 Å². The van der Waals surface area contributed by atoms with Crippen molar-refractivity contribution in [2.75, 3.05) is 0 Å². The molecule has 1 N–H and O–H groups in total. The van der Waals surface area contributed by atoms with E-state index in [0.717, 1.165) is 0 Å². The van der Waals surface area contributed by atoms with Crippen molar-refractivity contribution >= 4 is 11.6 Å².